The Balaban J connectivity index is 3.04. The maximum absolute atomic E-state index is 11.9. The number of benzene rings is 1. The molecule has 3 nitrogen and oxygen atoms in total. The van der Waals surface area contributed by atoms with Gasteiger partial charge in [-0.25, -0.2) is 0 Å². The van der Waals surface area contributed by atoms with Crippen molar-refractivity contribution in [2.45, 2.75) is 23.5 Å². The summed E-state index contributed by atoms with van der Waals surface area (Å²) in [7, 11) is -1.61. The maximum Gasteiger partial charge on any atom is 0.319 e. The third-order valence-electron chi connectivity index (χ3n) is 2.03. The summed E-state index contributed by atoms with van der Waals surface area (Å²) in [6.45, 7) is 1.67. The van der Waals surface area contributed by atoms with Gasteiger partial charge in [0.05, 0.1) is 20.8 Å². The van der Waals surface area contributed by atoms with Crippen LogP contribution in [0.3, 0.4) is 0 Å². The van der Waals surface area contributed by atoms with Crippen LogP contribution in [0.25, 0.3) is 0 Å². The molecular weight excluding hydrogens is 271 g/mol. The van der Waals surface area contributed by atoms with Gasteiger partial charge in [0, 0.05) is 4.90 Å². The molecule has 1 aromatic carbocycles. The zero-order valence-corrected chi connectivity index (χ0v) is 10.8. The molecule has 0 radical (unpaired) electrons. The molecule has 2 unspecified atom stereocenters. The van der Waals surface area contributed by atoms with Crippen molar-refractivity contribution in [2.24, 2.45) is 0 Å². The van der Waals surface area contributed by atoms with E-state index in [9.17, 15) is 9.00 Å². The van der Waals surface area contributed by atoms with Crippen LogP contribution < -0.4 is 0 Å². The lowest BCUT2D eigenvalue weighted by atomic mass is 10.3. The summed E-state index contributed by atoms with van der Waals surface area (Å²) in [6, 6.07) is 4.47. The summed E-state index contributed by atoms with van der Waals surface area (Å²) in [5, 5.41) is 8.58. The van der Waals surface area contributed by atoms with Crippen molar-refractivity contribution >= 4 is 40.0 Å². The molecule has 2 atom stereocenters. The zero-order valence-electron chi connectivity index (χ0n) is 8.44. The summed E-state index contributed by atoms with van der Waals surface area (Å²) in [5.41, 5.74) is 0. The Labute approximate surface area is 106 Å². The van der Waals surface area contributed by atoms with E-state index in [2.05, 4.69) is 0 Å². The molecule has 0 aliphatic heterocycles. The summed E-state index contributed by atoms with van der Waals surface area (Å²) in [5.74, 6) is -1.08. The van der Waals surface area contributed by atoms with Crippen molar-refractivity contribution in [1.82, 2.24) is 0 Å². The third kappa shape index (κ3) is 2.97. The SMILES string of the molecule is CCC(C(=O)O)S(=O)c1ccc(Cl)c(Cl)c1. The van der Waals surface area contributed by atoms with Crippen LogP contribution in [0.1, 0.15) is 13.3 Å². The Morgan fingerprint density at radius 1 is 1.44 bits per heavy atom. The molecule has 1 N–H and O–H groups in total. The molecule has 0 bridgehead atoms. The van der Waals surface area contributed by atoms with Crippen LogP contribution in [0, 0.1) is 0 Å². The average molecular weight is 281 g/mol. The highest BCUT2D eigenvalue weighted by molar-refractivity contribution is 7.86. The van der Waals surface area contributed by atoms with Gasteiger partial charge in [-0.2, -0.15) is 0 Å². The molecule has 0 aliphatic carbocycles. The van der Waals surface area contributed by atoms with E-state index in [-0.39, 0.29) is 5.02 Å². The second kappa shape index (κ2) is 5.66. The van der Waals surface area contributed by atoms with Gasteiger partial charge >= 0.3 is 5.97 Å². The summed E-state index contributed by atoms with van der Waals surface area (Å²) >= 11 is 11.5. The van der Waals surface area contributed by atoms with Crippen LogP contribution >= 0.6 is 23.2 Å². The number of carboxylic acids is 1. The molecule has 0 aromatic heterocycles. The third-order valence-corrected chi connectivity index (χ3v) is 4.54. The van der Waals surface area contributed by atoms with Crippen molar-refractivity contribution in [2.75, 3.05) is 0 Å². The first-order valence-electron chi connectivity index (χ1n) is 4.55. The van der Waals surface area contributed by atoms with Crippen molar-refractivity contribution in [1.29, 1.82) is 0 Å². The van der Waals surface area contributed by atoms with Gasteiger partial charge in [-0.15, -0.1) is 0 Å². The molecule has 1 rings (SSSR count). The largest absolute Gasteiger partial charge is 0.480 e. The van der Waals surface area contributed by atoms with Gasteiger partial charge in [0.1, 0.15) is 5.25 Å². The number of carboxylic acid groups (broad SMARTS) is 1. The lowest BCUT2D eigenvalue weighted by Gasteiger charge is -2.10. The topological polar surface area (TPSA) is 54.4 Å². The average Bonchev–Trinajstić information content (AvgIpc) is 2.22. The van der Waals surface area contributed by atoms with E-state index in [4.69, 9.17) is 28.3 Å². The number of hydrogen-bond donors (Lipinski definition) is 1. The standard InChI is InChI=1S/C10H10Cl2O3S/c1-2-9(10(13)14)16(15)6-3-4-7(11)8(12)5-6/h3-5,9H,2H2,1H3,(H,13,14). The van der Waals surface area contributed by atoms with Gasteiger partial charge in [0.25, 0.3) is 0 Å². The van der Waals surface area contributed by atoms with Crippen LogP contribution in [0.5, 0.6) is 0 Å². The second-order valence-corrected chi connectivity index (χ2v) is 5.56. The van der Waals surface area contributed by atoms with E-state index in [1.54, 1.807) is 6.92 Å². The minimum atomic E-state index is -1.61. The molecule has 1 aromatic rings. The van der Waals surface area contributed by atoms with Gasteiger partial charge < -0.3 is 5.11 Å². The molecule has 0 heterocycles. The lowest BCUT2D eigenvalue weighted by Crippen LogP contribution is -2.24. The quantitative estimate of drug-likeness (QED) is 0.923. The van der Waals surface area contributed by atoms with E-state index in [0.29, 0.717) is 16.3 Å². The van der Waals surface area contributed by atoms with E-state index in [0.717, 1.165) is 0 Å². The Hall–Kier alpha value is -0.580. The van der Waals surface area contributed by atoms with Crippen LogP contribution in [-0.4, -0.2) is 20.5 Å². The van der Waals surface area contributed by atoms with Crippen LogP contribution in [0.15, 0.2) is 23.1 Å². The highest BCUT2D eigenvalue weighted by Gasteiger charge is 2.24. The highest BCUT2D eigenvalue weighted by Crippen LogP contribution is 2.25. The van der Waals surface area contributed by atoms with Gasteiger partial charge in [0.2, 0.25) is 0 Å². The Kier molecular flexibility index (Phi) is 4.77. The summed E-state index contributed by atoms with van der Waals surface area (Å²) in [4.78, 5) is 11.2. The Bertz CT molecular complexity index is 434. The fraction of sp³-hybridized carbons (Fsp3) is 0.300. The van der Waals surface area contributed by atoms with Crippen LogP contribution in [-0.2, 0) is 15.6 Å². The van der Waals surface area contributed by atoms with Crippen LogP contribution in [0.2, 0.25) is 10.0 Å². The molecule has 0 fully saturated rings. The number of carbonyl (C=O) groups is 1. The van der Waals surface area contributed by atoms with Gasteiger partial charge in [-0.1, -0.05) is 30.1 Å². The van der Waals surface area contributed by atoms with Crippen LogP contribution in [0.4, 0.5) is 0 Å². The Morgan fingerprint density at radius 3 is 2.50 bits per heavy atom. The molecule has 6 heteroatoms. The number of aliphatic carboxylic acids is 1. The second-order valence-electron chi connectivity index (χ2n) is 3.11. The maximum atomic E-state index is 11.9. The molecule has 0 amide bonds. The van der Waals surface area contributed by atoms with Gasteiger partial charge in [0.15, 0.2) is 0 Å². The predicted molar refractivity (Wildman–Crippen MR) is 64.6 cm³/mol. The molecule has 16 heavy (non-hydrogen) atoms. The van der Waals surface area contributed by atoms with Crippen molar-refractivity contribution in [3.63, 3.8) is 0 Å². The minimum absolute atomic E-state index is 0.271. The minimum Gasteiger partial charge on any atom is -0.480 e. The van der Waals surface area contributed by atoms with Gasteiger partial charge in [-0.3, -0.25) is 9.00 Å². The number of halogens is 2. The highest BCUT2D eigenvalue weighted by atomic mass is 35.5. The Morgan fingerprint density at radius 2 is 2.06 bits per heavy atom. The number of hydrogen-bond acceptors (Lipinski definition) is 2. The van der Waals surface area contributed by atoms with Gasteiger partial charge in [-0.05, 0) is 24.6 Å². The molecule has 0 spiro atoms. The first-order valence-corrected chi connectivity index (χ1v) is 6.52. The zero-order chi connectivity index (χ0) is 12.3. The van der Waals surface area contributed by atoms with E-state index < -0.39 is 22.0 Å². The normalized spacial score (nSPS) is 14.4. The fourth-order valence-electron chi connectivity index (χ4n) is 1.18. The van der Waals surface area contributed by atoms with E-state index in [1.807, 2.05) is 0 Å². The van der Waals surface area contributed by atoms with Crippen molar-refractivity contribution < 1.29 is 14.1 Å². The molecular formula is C10H10Cl2O3S. The molecule has 88 valence electrons. The number of rotatable bonds is 4. The monoisotopic (exact) mass is 280 g/mol. The smallest absolute Gasteiger partial charge is 0.319 e. The molecule has 0 saturated carbocycles. The van der Waals surface area contributed by atoms with Crippen molar-refractivity contribution in [3.8, 4) is 0 Å². The van der Waals surface area contributed by atoms with Crippen molar-refractivity contribution in [3.05, 3.63) is 28.2 Å². The predicted octanol–water partition coefficient (Wildman–Crippen LogP) is 2.96. The van der Waals surface area contributed by atoms with E-state index in [1.165, 1.54) is 18.2 Å². The summed E-state index contributed by atoms with van der Waals surface area (Å²) in [6.07, 6.45) is 0.294. The summed E-state index contributed by atoms with van der Waals surface area (Å²) < 4.78 is 11.9. The first kappa shape index (κ1) is 13.5. The fourth-order valence-corrected chi connectivity index (χ4v) is 2.80. The van der Waals surface area contributed by atoms with E-state index >= 15 is 0 Å². The lowest BCUT2D eigenvalue weighted by molar-refractivity contribution is -0.136. The molecule has 0 aliphatic rings. The first-order chi connectivity index (χ1) is 7.47. The molecule has 0 saturated heterocycles.